The normalized spacial score (nSPS) is 28.2. The molecule has 10 N–H and O–H groups in total. The molecule has 13 atom stereocenters. The van der Waals surface area contributed by atoms with Crippen LogP contribution in [0.5, 0.6) is 0 Å². The molecule has 8 rings (SSSR count). The van der Waals surface area contributed by atoms with E-state index in [1.807, 2.05) is 44.2 Å². The first-order chi connectivity index (χ1) is 34.1. The number of nitrogens with two attached hydrogens (primary N) is 1. The molecule has 0 spiro atoms. The molecular weight excluding hydrogens is 920 g/mol. The number of nitrogens with one attached hydrogen (secondary N) is 8. The SMILES string of the molecule is C[C@H](NC(=O)[C@H](CC(=O)N1CCCC[C@@H]1C)NC(=O)C1CC(CC2C[C@H](c3ccccc3)N(C(=O)C[C@H](N)C(=O)N[C@@H](C)C3NCC(c4ccccc4F)N3)C2)ON1)C1NCC(c2ccc(F)cc2F)N1. The van der Waals surface area contributed by atoms with E-state index in [-0.39, 0.29) is 72.7 Å². The average molecular weight is 988 g/mol. The predicted octanol–water partition coefficient (Wildman–Crippen LogP) is 2.57. The molecule has 3 aromatic carbocycles. The standard InChI is InChI=1S/C51H68F3N11O6/c1-28-11-9-10-18-64(28)46(67)24-40(50(69)59-30(3)48-57-26-43(61-48)36-17-16-33(52)21-38(36)54)62-51(70)41-22-34(71-63-41)19-31-20-44(32-12-5-4-6-13-32)65(27-31)45(66)23-39(55)49(68)58-29(2)47-56-25-42(60-47)35-14-7-8-15-37(35)53/h4-8,12-17,21,28-31,34,39-44,47-48,56-57,60-61,63H,9-11,18-20,22-27,55H2,1-3H3,(H,58,68)(H,59,69)(H,62,70)/t28-,29-,30-,31?,34?,39-,40-,41?,42?,43?,44+,47?,48?/m0/s1. The van der Waals surface area contributed by atoms with Crippen molar-refractivity contribution in [3.05, 3.63) is 107 Å². The van der Waals surface area contributed by atoms with Gasteiger partial charge in [0.1, 0.15) is 29.5 Å². The van der Waals surface area contributed by atoms with Crippen LogP contribution in [-0.4, -0.2) is 120 Å². The Bertz CT molecular complexity index is 2370. The van der Waals surface area contributed by atoms with Gasteiger partial charge in [-0.1, -0.05) is 54.6 Å². The lowest BCUT2D eigenvalue weighted by molar-refractivity contribution is -0.139. The van der Waals surface area contributed by atoms with Gasteiger partial charge >= 0.3 is 0 Å². The van der Waals surface area contributed by atoms with E-state index < -0.39 is 77.9 Å². The fraction of sp³-hybridized carbons (Fsp3) is 0.549. The van der Waals surface area contributed by atoms with Gasteiger partial charge in [-0.15, -0.1) is 0 Å². The van der Waals surface area contributed by atoms with Crippen molar-refractivity contribution in [2.24, 2.45) is 11.7 Å². The number of halogens is 3. The van der Waals surface area contributed by atoms with Gasteiger partial charge in [0.05, 0.1) is 55.4 Å². The molecule has 7 unspecified atom stereocenters. The summed E-state index contributed by atoms with van der Waals surface area (Å²) >= 11 is 0. The van der Waals surface area contributed by atoms with E-state index in [0.717, 1.165) is 30.9 Å². The topological polar surface area (TPSA) is 223 Å². The summed E-state index contributed by atoms with van der Waals surface area (Å²) in [6.07, 6.45) is 2.30. The van der Waals surface area contributed by atoms with Crippen LogP contribution in [-0.2, 0) is 28.8 Å². The number of nitrogens with zero attached hydrogens (tertiary/aromatic N) is 2. The van der Waals surface area contributed by atoms with Crippen LogP contribution in [0.3, 0.4) is 0 Å². The fourth-order valence-electron chi connectivity index (χ4n) is 10.8. The van der Waals surface area contributed by atoms with Gasteiger partial charge in [-0.25, -0.2) is 13.2 Å². The summed E-state index contributed by atoms with van der Waals surface area (Å²) in [5.74, 6) is -3.80. The highest BCUT2D eigenvalue weighted by Crippen LogP contribution is 2.39. The summed E-state index contributed by atoms with van der Waals surface area (Å²) in [5, 5.41) is 21.8. The fourth-order valence-corrected chi connectivity index (χ4v) is 10.8. The summed E-state index contributed by atoms with van der Waals surface area (Å²) in [7, 11) is 0. The largest absolute Gasteiger partial charge is 0.349 e. The molecular formula is C51H68F3N11O6. The number of benzene rings is 3. The van der Waals surface area contributed by atoms with Crippen LogP contribution >= 0.6 is 0 Å². The predicted molar refractivity (Wildman–Crippen MR) is 258 cm³/mol. The van der Waals surface area contributed by atoms with Gasteiger partial charge in [-0.05, 0) is 76.5 Å². The van der Waals surface area contributed by atoms with E-state index in [9.17, 15) is 37.1 Å². The molecule has 384 valence electrons. The van der Waals surface area contributed by atoms with Crippen molar-refractivity contribution in [3.63, 3.8) is 0 Å². The third-order valence-electron chi connectivity index (χ3n) is 14.8. The maximum absolute atomic E-state index is 14.6. The second kappa shape index (κ2) is 23.4. The van der Waals surface area contributed by atoms with Crippen molar-refractivity contribution < 1.29 is 42.0 Å². The molecule has 0 aliphatic carbocycles. The number of hydroxylamine groups is 1. The molecule has 3 aromatic rings. The third kappa shape index (κ3) is 12.8. The minimum Gasteiger partial charge on any atom is -0.349 e. The number of hydrogen-bond acceptors (Lipinski definition) is 12. The van der Waals surface area contributed by atoms with Crippen molar-refractivity contribution in [1.82, 2.24) is 52.5 Å². The van der Waals surface area contributed by atoms with Gasteiger partial charge in [0.15, 0.2) is 0 Å². The zero-order chi connectivity index (χ0) is 50.3. The van der Waals surface area contributed by atoms with Gasteiger partial charge in [0, 0.05) is 67.9 Å². The van der Waals surface area contributed by atoms with Crippen LogP contribution in [0.15, 0.2) is 72.8 Å². The number of rotatable bonds is 17. The Morgan fingerprint density at radius 3 is 2.08 bits per heavy atom. The molecule has 0 radical (unpaired) electrons. The van der Waals surface area contributed by atoms with Crippen molar-refractivity contribution in [1.29, 1.82) is 0 Å². The Balaban J connectivity index is 0.854. The van der Waals surface area contributed by atoms with E-state index in [1.165, 1.54) is 18.2 Å². The quantitative estimate of drug-likeness (QED) is 0.0953. The summed E-state index contributed by atoms with van der Waals surface area (Å²) in [6, 6.07) is 14.4. The van der Waals surface area contributed by atoms with E-state index in [1.54, 1.807) is 34.9 Å². The van der Waals surface area contributed by atoms with E-state index >= 15 is 0 Å². The second-order valence-electron chi connectivity index (χ2n) is 20.0. The first kappa shape index (κ1) is 51.9. The summed E-state index contributed by atoms with van der Waals surface area (Å²) in [6.45, 7) is 7.25. The Labute approximate surface area is 412 Å². The van der Waals surface area contributed by atoms with Crippen molar-refractivity contribution in [2.45, 2.75) is 145 Å². The maximum atomic E-state index is 14.6. The van der Waals surface area contributed by atoms with E-state index in [4.69, 9.17) is 10.6 Å². The summed E-state index contributed by atoms with van der Waals surface area (Å²) < 4.78 is 42.7. The zero-order valence-corrected chi connectivity index (χ0v) is 40.5. The molecule has 20 heteroatoms. The molecule has 5 aliphatic heterocycles. The molecule has 5 aliphatic rings. The monoisotopic (exact) mass is 988 g/mol. The Morgan fingerprint density at radius 1 is 0.761 bits per heavy atom. The molecule has 0 aromatic heterocycles. The van der Waals surface area contributed by atoms with Gasteiger partial charge in [-0.2, -0.15) is 5.48 Å². The number of likely N-dealkylation sites (tertiary alicyclic amines) is 2. The first-order valence-electron chi connectivity index (χ1n) is 25.0. The van der Waals surface area contributed by atoms with Crippen molar-refractivity contribution >= 4 is 29.5 Å². The lowest BCUT2D eigenvalue weighted by Gasteiger charge is -2.34. The zero-order valence-electron chi connectivity index (χ0n) is 40.5. The minimum atomic E-state index is -1.22. The van der Waals surface area contributed by atoms with Crippen LogP contribution in [0.4, 0.5) is 13.2 Å². The number of piperidine rings is 1. The molecule has 71 heavy (non-hydrogen) atoms. The molecule has 0 bridgehead atoms. The van der Waals surface area contributed by atoms with Crippen LogP contribution < -0.4 is 48.4 Å². The molecule has 0 saturated carbocycles. The van der Waals surface area contributed by atoms with E-state index in [2.05, 4.69) is 42.7 Å². The Hall–Kier alpha value is -5.48. The average Bonchev–Trinajstić information content (AvgIpc) is 4.20. The number of hydrogen-bond donors (Lipinski definition) is 9. The van der Waals surface area contributed by atoms with Gasteiger partial charge in [-0.3, -0.25) is 50.1 Å². The van der Waals surface area contributed by atoms with Crippen LogP contribution in [0, 0.1) is 23.4 Å². The maximum Gasteiger partial charge on any atom is 0.243 e. The lowest BCUT2D eigenvalue weighted by Crippen LogP contribution is -2.58. The third-order valence-corrected chi connectivity index (χ3v) is 14.8. The van der Waals surface area contributed by atoms with Crippen molar-refractivity contribution in [2.75, 3.05) is 26.2 Å². The Morgan fingerprint density at radius 2 is 1.41 bits per heavy atom. The highest BCUT2D eigenvalue weighted by Gasteiger charge is 2.42. The van der Waals surface area contributed by atoms with Gasteiger partial charge in [0.2, 0.25) is 29.5 Å². The second-order valence-corrected chi connectivity index (χ2v) is 20.0. The summed E-state index contributed by atoms with van der Waals surface area (Å²) in [5.41, 5.74) is 11.0. The molecule has 5 amide bonds. The van der Waals surface area contributed by atoms with Crippen LogP contribution in [0.1, 0.15) is 107 Å². The van der Waals surface area contributed by atoms with Crippen LogP contribution in [0.25, 0.3) is 0 Å². The summed E-state index contributed by atoms with van der Waals surface area (Å²) in [4.78, 5) is 78.6. The van der Waals surface area contributed by atoms with Crippen LogP contribution in [0.2, 0.25) is 0 Å². The Kier molecular flexibility index (Phi) is 17.1. The number of amides is 5. The van der Waals surface area contributed by atoms with Gasteiger partial charge < -0.3 is 31.5 Å². The molecule has 5 fully saturated rings. The number of carbonyl (C=O) groups excluding carboxylic acids is 5. The highest BCUT2D eigenvalue weighted by atomic mass is 19.1. The highest BCUT2D eigenvalue weighted by molar-refractivity contribution is 5.93. The van der Waals surface area contributed by atoms with E-state index in [0.29, 0.717) is 44.6 Å². The lowest BCUT2D eigenvalue weighted by atomic mass is 9.93. The molecule has 5 saturated heterocycles. The molecule has 17 nitrogen and oxygen atoms in total. The van der Waals surface area contributed by atoms with Crippen molar-refractivity contribution in [3.8, 4) is 0 Å². The minimum absolute atomic E-state index is 0.00899. The molecule has 5 heterocycles. The van der Waals surface area contributed by atoms with Gasteiger partial charge in [0.25, 0.3) is 0 Å². The number of carbonyl (C=O) groups is 5. The first-order valence-corrected chi connectivity index (χ1v) is 25.0. The smallest absolute Gasteiger partial charge is 0.243 e.